The van der Waals surface area contributed by atoms with Gasteiger partial charge in [0.1, 0.15) is 16.8 Å². The molecule has 9 heteroatoms. The van der Waals surface area contributed by atoms with Crippen molar-refractivity contribution >= 4 is 32.5 Å². The molecule has 0 saturated carbocycles. The van der Waals surface area contributed by atoms with Crippen LogP contribution < -0.4 is 9.46 Å². The van der Waals surface area contributed by atoms with Crippen molar-refractivity contribution in [1.82, 2.24) is 15.4 Å². The molecule has 24 heavy (non-hydrogen) atoms. The third-order valence-corrected chi connectivity index (χ3v) is 5.10. The molecule has 0 amide bonds. The van der Waals surface area contributed by atoms with Crippen molar-refractivity contribution in [3.05, 3.63) is 42.0 Å². The number of Topliss-reactive ketones (excluding diaryl/α,β-unsaturated/α-hetero) is 1. The molecule has 1 aliphatic rings. The molecule has 2 aromatic carbocycles. The summed E-state index contributed by atoms with van der Waals surface area (Å²) in [4.78, 5) is 11.9. The van der Waals surface area contributed by atoms with Gasteiger partial charge in [0, 0.05) is 6.42 Å². The first kappa shape index (κ1) is 14.6. The number of ketones is 1. The fourth-order valence-corrected chi connectivity index (χ4v) is 3.65. The molecule has 2 heterocycles. The molecule has 0 saturated heterocycles. The second-order valence-corrected chi connectivity index (χ2v) is 6.96. The van der Waals surface area contributed by atoms with Crippen LogP contribution in [0, 0.1) is 0 Å². The Hall–Kier alpha value is -2.94. The standard InChI is InChI=1S/C15H12N4O4S/c20-13-6-7-23-14-5-4-9(8-10(13)14)24(21,22)18-12-3-1-2-11-15(12)17-19-16-11/h1-5,8,18H,6-7H2,(H,16,17,19). The SMILES string of the molecule is O=C1CCOc2ccc(S(=O)(=O)Nc3cccc4n[nH]nc34)cc21. The fraction of sp³-hybridized carbons (Fsp3) is 0.133. The lowest BCUT2D eigenvalue weighted by molar-refractivity contribution is 0.0933. The van der Waals surface area contributed by atoms with Crippen LogP contribution in [-0.2, 0) is 10.0 Å². The van der Waals surface area contributed by atoms with Gasteiger partial charge in [0.2, 0.25) is 0 Å². The topological polar surface area (TPSA) is 114 Å². The van der Waals surface area contributed by atoms with E-state index in [9.17, 15) is 13.2 Å². The third kappa shape index (κ3) is 2.38. The molecular formula is C15H12N4O4S. The Bertz CT molecular complexity index is 1060. The van der Waals surface area contributed by atoms with Crippen LogP contribution >= 0.6 is 0 Å². The predicted octanol–water partition coefficient (Wildman–Crippen LogP) is 1.72. The summed E-state index contributed by atoms with van der Waals surface area (Å²) < 4.78 is 33.1. The summed E-state index contributed by atoms with van der Waals surface area (Å²) in [6.45, 7) is 0.310. The first-order valence-corrected chi connectivity index (χ1v) is 8.65. The first-order valence-electron chi connectivity index (χ1n) is 7.17. The number of carbonyl (C=O) groups excluding carboxylic acids is 1. The van der Waals surface area contributed by atoms with Gasteiger partial charge in [-0.3, -0.25) is 9.52 Å². The highest BCUT2D eigenvalue weighted by atomic mass is 32.2. The quantitative estimate of drug-likeness (QED) is 0.748. The van der Waals surface area contributed by atoms with E-state index in [1.807, 2.05) is 0 Å². The summed E-state index contributed by atoms with van der Waals surface area (Å²) in [5, 5.41) is 10.3. The number of fused-ring (bicyclic) bond motifs is 2. The number of ether oxygens (including phenoxy) is 1. The molecule has 0 atom stereocenters. The average Bonchev–Trinajstić information content (AvgIpc) is 3.04. The highest BCUT2D eigenvalue weighted by Crippen LogP contribution is 2.29. The van der Waals surface area contributed by atoms with Gasteiger partial charge >= 0.3 is 0 Å². The number of sulfonamides is 1. The predicted molar refractivity (Wildman–Crippen MR) is 85.6 cm³/mol. The molecule has 1 aromatic heterocycles. The molecule has 0 fully saturated rings. The van der Waals surface area contributed by atoms with Crippen molar-refractivity contribution in [2.45, 2.75) is 11.3 Å². The van der Waals surface area contributed by atoms with Crippen LogP contribution in [0.25, 0.3) is 11.0 Å². The lowest BCUT2D eigenvalue weighted by Gasteiger charge is -2.17. The molecule has 2 N–H and O–H groups in total. The van der Waals surface area contributed by atoms with Gasteiger partial charge in [-0.25, -0.2) is 8.42 Å². The van der Waals surface area contributed by atoms with Gasteiger partial charge in [-0.1, -0.05) is 6.07 Å². The third-order valence-electron chi connectivity index (χ3n) is 3.74. The zero-order valence-electron chi connectivity index (χ0n) is 12.3. The Balaban J connectivity index is 1.74. The van der Waals surface area contributed by atoms with Crippen LogP contribution in [0.2, 0.25) is 0 Å². The van der Waals surface area contributed by atoms with E-state index >= 15 is 0 Å². The van der Waals surface area contributed by atoms with Crippen LogP contribution in [0.5, 0.6) is 5.75 Å². The number of nitrogens with zero attached hydrogens (tertiary/aromatic N) is 2. The molecule has 122 valence electrons. The van der Waals surface area contributed by atoms with E-state index in [2.05, 4.69) is 20.1 Å². The maximum atomic E-state index is 12.6. The molecule has 0 bridgehead atoms. The maximum Gasteiger partial charge on any atom is 0.261 e. The number of rotatable bonds is 3. The Labute approximate surface area is 136 Å². The van der Waals surface area contributed by atoms with E-state index in [0.29, 0.717) is 29.1 Å². The summed E-state index contributed by atoms with van der Waals surface area (Å²) >= 11 is 0. The zero-order valence-corrected chi connectivity index (χ0v) is 13.1. The van der Waals surface area contributed by atoms with Crippen LogP contribution in [0.15, 0.2) is 41.3 Å². The molecule has 0 unspecified atom stereocenters. The van der Waals surface area contributed by atoms with Gasteiger partial charge < -0.3 is 4.74 Å². The highest BCUT2D eigenvalue weighted by Gasteiger charge is 2.23. The number of hydrogen-bond acceptors (Lipinski definition) is 6. The summed E-state index contributed by atoms with van der Waals surface area (Å²) in [7, 11) is -3.88. The molecule has 0 aliphatic carbocycles. The Kier molecular flexibility index (Phi) is 3.24. The monoisotopic (exact) mass is 344 g/mol. The van der Waals surface area contributed by atoms with Crippen molar-refractivity contribution in [1.29, 1.82) is 0 Å². The van der Waals surface area contributed by atoms with E-state index in [1.165, 1.54) is 18.2 Å². The first-order chi connectivity index (χ1) is 11.5. The van der Waals surface area contributed by atoms with E-state index < -0.39 is 10.0 Å². The van der Waals surface area contributed by atoms with Gasteiger partial charge in [0.05, 0.1) is 22.8 Å². The average molecular weight is 344 g/mol. The molecular weight excluding hydrogens is 332 g/mol. The number of anilines is 1. The minimum Gasteiger partial charge on any atom is -0.492 e. The summed E-state index contributed by atoms with van der Waals surface area (Å²) in [5.41, 5.74) is 1.55. The second kappa shape index (κ2) is 5.31. The minimum absolute atomic E-state index is 0.0133. The lowest BCUT2D eigenvalue weighted by atomic mass is 10.1. The number of aromatic amines is 1. The van der Waals surface area contributed by atoms with Gasteiger partial charge in [0.25, 0.3) is 10.0 Å². The van der Waals surface area contributed by atoms with Crippen LogP contribution in [0.1, 0.15) is 16.8 Å². The molecule has 4 rings (SSSR count). The molecule has 8 nitrogen and oxygen atoms in total. The Morgan fingerprint density at radius 3 is 2.92 bits per heavy atom. The van der Waals surface area contributed by atoms with Gasteiger partial charge in [0.15, 0.2) is 5.78 Å². The number of benzene rings is 2. The molecule has 0 spiro atoms. The summed E-state index contributed by atoms with van der Waals surface area (Å²) in [6, 6.07) is 9.22. The smallest absolute Gasteiger partial charge is 0.261 e. The summed E-state index contributed by atoms with van der Waals surface area (Å²) in [5.74, 6) is 0.274. The van der Waals surface area contributed by atoms with Gasteiger partial charge in [-0.15, -0.1) is 0 Å². The van der Waals surface area contributed by atoms with Crippen molar-refractivity contribution in [3.63, 3.8) is 0 Å². The van der Waals surface area contributed by atoms with Gasteiger partial charge in [-0.2, -0.15) is 15.4 Å². The van der Waals surface area contributed by atoms with E-state index in [1.54, 1.807) is 18.2 Å². The number of H-pyrrole nitrogens is 1. The molecule has 1 aliphatic heterocycles. The number of para-hydroxylation sites is 1. The Morgan fingerprint density at radius 1 is 1.17 bits per heavy atom. The van der Waals surface area contributed by atoms with Crippen LogP contribution in [0.4, 0.5) is 5.69 Å². The highest BCUT2D eigenvalue weighted by molar-refractivity contribution is 7.92. The number of hydrogen-bond donors (Lipinski definition) is 2. The maximum absolute atomic E-state index is 12.6. The van der Waals surface area contributed by atoms with E-state index in [0.717, 1.165) is 0 Å². The minimum atomic E-state index is -3.88. The van der Waals surface area contributed by atoms with Crippen LogP contribution in [0.3, 0.4) is 0 Å². The summed E-state index contributed by atoms with van der Waals surface area (Å²) in [6.07, 6.45) is 0.238. The Morgan fingerprint density at radius 2 is 2.04 bits per heavy atom. The van der Waals surface area contributed by atoms with Crippen molar-refractivity contribution in [2.75, 3.05) is 11.3 Å². The van der Waals surface area contributed by atoms with Crippen molar-refractivity contribution < 1.29 is 17.9 Å². The largest absolute Gasteiger partial charge is 0.492 e. The lowest BCUT2D eigenvalue weighted by Crippen LogP contribution is -2.18. The van der Waals surface area contributed by atoms with Gasteiger partial charge in [-0.05, 0) is 30.3 Å². The van der Waals surface area contributed by atoms with E-state index in [-0.39, 0.29) is 22.7 Å². The number of carbonyl (C=O) groups is 1. The van der Waals surface area contributed by atoms with Crippen molar-refractivity contribution in [2.24, 2.45) is 0 Å². The molecule has 3 aromatic rings. The number of aromatic nitrogens is 3. The second-order valence-electron chi connectivity index (χ2n) is 5.28. The number of nitrogens with one attached hydrogen (secondary N) is 2. The van der Waals surface area contributed by atoms with Crippen molar-refractivity contribution in [3.8, 4) is 5.75 Å². The zero-order chi connectivity index (χ0) is 16.7. The van der Waals surface area contributed by atoms with Crippen LogP contribution in [-0.4, -0.2) is 36.2 Å². The normalized spacial score (nSPS) is 14.2. The van der Waals surface area contributed by atoms with E-state index in [4.69, 9.17) is 4.74 Å². The fourth-order valence-electron chi connectivity index (χ4n) is 2.56. The molecule has 0 radical (unpaired) electrons.